The van der Waals surface area contributed by atoms with Gasteiger partial charge in [0, 0.05) is 41.9 Å². The van der Waals surface area contributed by atoms with Crippen molar-refractivity contribution < 1.29 is 4.79 Å². The van der Waals surface area contributed by atoms with Crippen molar-refractivity contribution in [2.24, 2.45) is 0 Å². The van der Waals surface area contributed by atoms with E-state index >= 15 is 0 Å². The van der Waals surface area contributed by atoms with E-state index in [4.69, 9.17) is 0 Å². The Morgan fingerprint density at radius 1 is 0.840 bits per heavy atom. The molecule has 4 rings (SSSR count). The van der Waals surface area contributed by atoms with E-state index in [0.29, 0.717) is 6.04 Å². The summed E-state index contributed by atoms with van der Waals surface area (Å²) in [6.07, 6.45) is 4.76. The lowest BCUT2D eigenvalue weighted by molar-refractivity contribution is 0.251. The van der Waals surface area contributed by atoms with Crippen LogP contribution in [0.15, 0.2) is 48.5 Å². The molecule has 0 atom stereocenters. The molecule has 2 aromatic carbocycles. The fraction of sp³-hybridized carbons (Fsp3) is 0.350. The summed E-state index contributed by atoms with van der Waals surface area (Å²) in [7, 11) is 0. The van der Waals surface area contributed by atoms with Crippen molar-refractivity contribution >= 4 is 28.8 Å². The molecule has 25 heavy (non-hydrogen) atoms. The third-order valence-corrected chi connectivity index (χ3v) is 4.68. The molecule has 0 unspecified atom stereocenters. The average Bonchev–Trinajstić information content (AvgIpc) is 3.26. The molecule has 2 aromatic rings. The normalized spacial score (nSPS) is 16.6. The van der Waals surface area contributed by atoms with Gasteiger partial charge in [0.25, 0.3) is 0 Å². The van der Waals surface area contributed by atoms with Gasteiger partial charge in [-0.15, -0.1) is 0 Å². The Kier molecular flexibility index (Phi) is 4.46. The molecule has 0 aromatic heterocycles. The molecule has 1 heterocycles. The Labute approximate surface area is 148 Å². The second-order valence-electron chi connectivity index (χ2n) is 6.82. The highest BCUT2D eigenvalue weighted by Crippen LogP contribution is 2.24. The molecule has 2 aliphatic rings. The molecule has 1 aliphatic heterocycles. The van der Waals surface area contributed by atoms with E-state index in [1.165, 1.54) is 18.5 Å². The molecule has 2 amide bonds. The van der Waals surface area contributed by atoms with E-state index in [-0.39, 0.29) is 6.03 Å². The maximum atomic E-state index is 11.7. The van der Waals surface area contributed by atoms with Crippen molar-refractivity contribution in [3.8, 4) is 0 Å². The van der Waals surface area contributed by atoms with Gasteiger partial charge < -0.3 is 20.9 Å². The summed E-state index contributed by atoms with van der Waals surface area (Å²) >= 11 is 0. The first kappa shape index (κ1) is 15.8. The first-order valence-electron chi connectivity index (χ1n) is 9.06. The minimum Gasteiger partial charge on any atom is -0.372 e. The number of urea groups is 1. The van der Waals surface area contributed by atoms with E-state index in [1.807, 2.05) is 24.3 Å². The summed E-state index contributed by atoms with van der Waals surface area (Å²) in [5, 5.41) is 9.17. The number of anilines is 4. The van der Waals surface area contributed by atoms with Crippen molar-refractivity contribution in [1.29, 1.82) is 0 Å². The van der Waals surface area contributed by atoms with Gasteiger partial charge in [-0.25, -0.2) is 4.79 Å². The minimum atomic E-state index is -0.124. The molecule has 3 N–H and O–H groups in total. The zero-order valence-electron chi connectivity index (χ0n) is 14.3. The highest BCUT2D eigenvalue weighted by atomic mass is 16.2. The summed E-state index contributed by atoms with van der Waals surface area (Å²) in [5.74, 6) is 0. The van der Waals surface area contributed by atoms with Gasteiger partial charge in [-0.1, -0.05) is 0 Å². The van der Waals surface area contributed by atoms with Crippen LogP contribution in [0.1, 0.15) is 25.7 Å². The van der Waals surface area contributed by atoms with Crippen molar-refractivity contribution in [3.05, 3.63) is 48.5 Å². The van der Waals surface area contributed by atoms with Crippen LogP contribution in [0.3, 0.4) is 0 Å². The predicted octanol–water partition coefficient (Wildman–Crippen LogP) is 4.31. The second-order valence-corrected chi connectivity index (χ2v) is 6.82. The molecular formula is C20H24N4O. The molecule has 5 nitrogen and oxygen atoms in total. The summed E-state index contributed by atoms with van der Waals surface area (Å²) in [5.41, 5.74) is 4.16. The fourth-order valence-electron chi connectivity index (χ4n) is 3.11. The standard InChI is InChI=1S/C20H24N4O/c25-20(23-18-7-8-18)22-17-5-3-15(4-6-17)21-16-9-11-19(12-10-16)24-13-1-2-14-24/h3-6,9-12,18,21H,1-2,7-8,13-14H2,(H2,22,23,25). The monoisotopic (exact) mass is 336 g/mol. The van der Waals surface area contributed by atoms with Crippen LogP contribution in [-0.2, 0) is 0 Å². The van der Waals surface area contributed by atoms with Gasteiger partial charge in [-0.2, -0.15) is 0 Å². The van der Waals surface area contributed by atoms with Crippen LogP contribution in [0, 0.1) is 0 Å². The predicted molar refractivity (Wildman–Crippen MR) is 103 cm³/mol. The lowest BCUT2D eigenvalue weighted by Crippen LogP contribution is -2.30. The molecule has 0 bridgehead atoms. The van der Waals surface area contributed by atoms with Gasteiger partial charge in [0.1, 0.15) is 0 Å². The summed E-state index contributed by atoms with van der Waals surface area (Å²) < 4.78 is 0. The SMILES string of the molecule is O=C(Nc1ccc(Nc2ccc(N3CCCC3)cc2)cc1)NC1CC1. The zero-order valence-corrected chi connectivity index (χ0v) is 14.3. The van der Waals surface area contributed by atoms with Gasteiger partial charge in [-0.05, 0) is 74.2 Å². The molecular weight excluding hydrogens is 312 g/mol. The molecule has 1 saturated heterocycles. The number of nitrogens with one attached hydrogen (secondary N) is 3. The summed E-state index contributed by atoms with van der Waals surface area (Å²) in [4.78, 5) is 14.2. The number of benzene rings is 2. The lowest BCUT2D eigenvalue weighted by Gasteiger charge is -2.18. The number of rotatable bonds is 5. The topological polar surface area (TPSA) is 56.4 Å². The van der Waals surface area contributed by atoms with E-state index in [1.54, 1.807) is 0 Å². The largest absolute Gasteiger partial charge is 0.372 e. The zero-order chi connectivity index (χ0) is 17.1. The molecule has 0 spiro atoms. The maximum Gasteiger partial charge on any atom is 0.319 e. The van der Waals surface area contributed by atoms with E-state index in [0.717, 1.165) is 43.0 Å². The third kappa shape index (κ3) is 4.24. The van der Waals surface area contributed by atoms with Gasteiger partial charge in [0.05, 0.1) is 0 Å². The van der Waals surface area contributed by atoms with Crippen LogP contribution in [0.4, 0.5) is 27.5 Å². The van der Waals surface area contributed by atoms with Crippen molar-refractivity contribution in [2.75, 3.05) is 28.6 Å². The van der Waals surface area contributed by atoms with Gasteiger partial charge in [0.15, 0.2) is 0 Å². The number of hydrogen-bond acceptors (Lipinski definition) is 3. The Hall–Kier alpha value is -2.69. The summed E-state index contributed by atoms with van der Waals surface area (Å²) in [6.45, 7) is 2.32. The smallest absolute Gasteiger partial charge is 0.319 e. The Morgan fingerprint density at radius 3 is 2.00 bits per heavy atom. The molecule has 1 aliphatic carbocycles. The maximum absolute atomic E-state index is 11.7. The van der Waals surface area contributed by atoms with E-state index < -0.39 is 0 Å². The van der Waals surface area contributed by atoms with Crippen molar-refractivity contribution in [1.82, 2.24) is 5.32 Å². The Balaban J connectivity index is 1.33. The van der Waals surface area contributed by atoms with Crippen molar-refractivity contribution in [3.63, 3.8) is 0 Å². The number of hydrogen-bond donors (Lipinski definition) is 3. The highest BCUT2D eigenvalue weighted by Gasteiger charge is 2.23. The van der Waals surface area contributed by atoms with Gasteiger partial charge in [-0.3, -0.25) is 0 Å². The first-order valence-corrected chi connectivity index (χ1v) is 9.06. The van der Waals surface area contributed by atoms with Gasteiger partial charge in [0.2, 0.25) is 0 Å². The molecule has 5 heteroatoms. The Morgan fingerprint density at radius 2 is 1.40 bits per heavy atom. The van der Waals surface area contributed by atoms with Crippen LogP contribution in [0.5, 0.6) is 0 Å². The Bertz CT molecular complexity index is 716. The number of amides is 2. The average molecular weight is 336 g/mol. The van der Waals surface area contributed by atoms with Crippen LogP contribution in [0.25, 0.3) is 0 Å². The molecule has 0 radical (unpaired) electrons. The molecule has 2 fully saturated rings. The minimum absolute atomic E-state index is 0.124. The van der Waals surface area contributed by atoms with Crippen molar-refractivity contribution in [2.45, 2.75) is 31.7 Å². The van der Waals surface area contributed by atoms with E-state index in [9.17, 15) is 4.79 Å². The van der Waals surface area contributed by atoms with Crippen LogP contribution >= 0.6 is 0 Å². The second kappa shape index (κ2) is 7.05. The highest BCUT2D eigenvalue weighted by molar-refractivity contribution is 5.89. The van der Waals surface area contributed by atoms with Crippen LogP contribution in [-0.4, -0.2) is 25.2 Å². The number of nitrogens with zero attached hydrogens (tertiary/aromatic N) is 1. The molecule has 1 saturated carbocycles. The van der Waals surface area contributed by atoms with Crippen LogP contribution in [0.2, 0.25) is 0 Å². The third-order valence-electron chi connectivity index (χ3n) is 4.68. The molecule has 130 valence electrons. The number of carbonyl (C=O) groups is 1. The summed E-state index contributed by atoms with van der Waals surface area (Å²) in [6, 6.07) is 16.6. The number of carbonyl (C=O) groups excluding carboxylic acids is 1. The fourth-order valence-corrected chi connectivity index (χ4v) is 3.11. The van der Waals surface area contributed by atoms with Crippen LogP contribution < -0.4 is 20.9 Å². The quantitative estimate of drug-likeness (QED) is 0.762. The van der Waals surface area contributed by atoms with Gasteiger partial charge >= 0.3 is 6.03 Å². The van der Waals surface area contributed by atoms with E-state index in [2.05, 4.69) is 45.1 Å². The lowest BCUT2D eigenvalue weighted by atomic mass is 10.2. The first-order chi connectivity index (χ1) is 12.3.